The number of aromatic nitrogens is 2. The standard InChI is InChI=1S/C26H31F2N9OS/c1-35(2)13-26(27,28)14-38-24-33-22(36-9-15-3-4-16(10-36)32-15)18(8-30)23(34-24)37-11-25(12-37)6-5-19-20(25)17(7-29)21(31)39-19/h15-16,32H,3-6,9-14,31H2,1-2H3/t15-,16+. The number of hydrogen-bond donors (Lipinski definition) is 2. The van der Waals surface area contributed by atoms with Crippen molar-refractivity contribution in [2.24, 2.45) is 0 Å². The summed E-state index contributed by atoms with van der Waals surface area (Å²) < 4.78 is 34.5. The lowest BCUT2D eigenvalue weighted by molar-refractivity contribution is -0.0592. The number of rotatable bonds is 7. The Morgan fingerprint density at radius 3 is 2.38 bits per heavy atom. The minimum absolute atomic E-state index is 0.158. The smallest absolute Gasteiger partial charge is 0.320 e. The second-order valence-corrected chi connectivity index (χ2v) is 12.6. The van der Waals surface area contributed by atoms with E-state index in [9.17, 15) is 19.3 Å². The average Bonchev–Trinajstić information content (AvgIpc) is 3.50. The van der Waals surface area contributed by atoms with Crippen LogP contribution in [0, 0.1) is 22.7 Å². The third-order valence-corrected chi connectivity index (χ3v) is 9.28. The normalized spacial score (nSPS) is 23.1. The maximum absolute atomic E-state index is 14.5. The van der Waals surface area contributed by atoms with E-state index in [-0.39, 0.29) is 11.4 Å². The molecule has 0 amide bonds. The summed E-state index contributed by atoms with van der Waals surface area (Å²) in [6.45, 7) is 1.12. The minimum atomic E-state index is -3.09. The van der Waals surface area contributed by atoms with Gasteiger partial charge in [0.25, 0.3) is 5.92 Å². The second-order valence-electron chi connectivity index (χ2n) is 11.5. The number of alkyl halides is 2. The number of halogens is 2. The van der Waals surface area contributed by atoms with Crippen LogP contribution < -0.4 is 25.6 Å². The fourth-order valence-corrected chi connectivity index (χ4v) is 7.80. The van der Waals surface area contributed by atoms with Crippen LogP contribution in [0.4, 0.5) is 25.4 Å². The van der Waals surface area contributed by atoms with Gasteiger partial charge in [-0.05, 0) is 45.3 Å². The number of fused-ring (bicyclic) bond motifs is 4. The first-order valence-electron chi connectivity index (χ1n) is 13.2. The van der Waals surface area contributed by atoms with Crippen LogP contribution in [0.3, 0.4) is 0 Å². The van der Waals surface area contributed by atoms with Crippen molar-refractivity contribution in [3.63, 3.8) is 0 Å². The molecule has 3 aliphatic heterocycles. The van der Waals surface area contributed by atoms with Crippen molar-refractivity contribution < 1.29 is 13.5 Å². The van der Waals surface area contributed by atoms with Gasteiger partial charge in [-0.25, -0.2) is 8.78 Å². The number of anilines is 3. The third-order valence-electron chi connectivity index (χ3n) is 8.21. The molecule has 1 spiro atoms. The molecule has 0 radical (unpaired) electrons. The van der Waals surface area contributed by atoms with E-state index >= 15 is 0 Å². The van der Waals surface area contributed by atoms with E-state index in [1.165, 1.54) is 16.2 Å². The number of thiophene rings is 1. The zero-order chi connectivity index (χ0) is 27.5. The predicted octanol–water partition coefficient (Wildman–Crippen LogP) is 2.08. The van der Waals surface area contributed by atoms with Gasteiger partial charge in [-0.15, -0.1) is 11.3 Å². The fraction of sp³-hybridized carbons (Fsp3) is 0.615. The van der Waals surface area contributed by atoms with Gasteiger partial charge >= 0.3 is 6.01 Å². The highest BCUT2D eigenvalue weighted by Gasteiger charge is 2.52. The van der Waals surface area contributed by atoms with Gasteiger partial charge in [-0.1, -0.05) is 0 Å². The first-order valence-corrected chi connectivity index (χ1v) is 14.0. The molecule has 39 heavy (non-hydrogen) atoms. The van der Waals surface area contributed by atoms with Crippen molar-refractivity contribution in [1.29, 1.82) is 10.5 Å². The van der Waals surface area contributed by atoms with Crippen molar-refractivity contribution in [2.75, 3.05) is 69.0 Å². The second kappa shape index (κ2) is 9.44. The van der Waals surface area contributed by atoms with E-state index in [0.717, 1.165) is 36.1 Å². The van der Waals surface area contributed by atoms with Gasteiger partial charge < -0.3 is 30.5 Å². The highest BCUT2D eigenvalue weighted by atomic mass is 32.1. The fourth-order valence-electron chi connectivity index (χ4n) is 6.66. The number of nitrogen functional groups attached to an aromatic ring is 1. The van der Waals surface area contributed by atoms with Crippen LogP contribution in [0.25, 0.3) is 0 Å². The summed E-state index contributed by atoms with van der Waals surface area (Å²) in [6.07, 6.45) is 3.84. The molecule has 10 nitrogen and oxygen atoms in total. The molecule has 0 unspecified atom stereocenters. The summed E-state index contributed by atoms with van der Waals surface area (Å²) in [5, 5.41) is 24.1. The monoisotopic (exact) mass is 555 g/mol. The molecule has 1 aliphatic carbocycles. The van der Waals surface area contributed by atoms with Crippen LogP contribution in [0.1, 0.15) is 40.8 Å². The van der Waals surface area contributed by atoms with Gasteiger partial charge in [0.1, 0.15) is 22.7 Å². The molecule has 0 aromatic carbocycles. The minimum Gasteiger partial charge on any atom is -0.457 e. The number of piperazine rings is 1. The summed E-state index contributed by atoms with van der Waals surface area (Å²) in [5.41, 5.74) is 7.79. The Labute approximate surface area is 230 Å². The number of ether oxygens (including phenoxy) is 1. The number of nitrogens with two attached hydrogens (primary N) is 1. The number of nitrogens with one attached hydrogen (secondary N) is 1. The van der Waals surface area contributed by atoms with Gasteiger partial charge in [0.15, 0.2) is 18.2 Å². The topological polar surface area (TPSA) is 130 Å². The molecule has 3 N–H and O–H groups in total. The van der Waals surface area contributed by atoms with Gasteiger partial charge in [0.2, 0.25) is 0 Å². The summed E-state index contributed by atoms with van der Waals surface area (Å²) in [7, 11) is 3.15. The molecule has 5 heterocycles. The number of nitriles is 2. The number of aryl methyl sites for hydroxylation is 1. The van der Waals surface area contributed by atoms with E-state index in [1.54, 1.807) is 14.1 Å². The molecule has 2 aromatic heterocycles. The van der Waals surface area contributed by atoms with Gasteiger partial charge in [-0.2, -0.15) is 20.5 Å². The zero-order valence-corrected chi connectivity index (χ0v) is 22.8. The van der Waals surface area contributed by atoms with E-state index in [2.05, 4.69) is 32.3 Å². The van der Waals surface area contributed by atoms with E-state index < -0.39 is 19.1 Å². The molecule has 0 saturated carbocycles. The van der Waals surface area contributed by atoms with Crippen LogP contribution >= 0.6 is 11.3 Å². The molecule has 206 valence electrons. The van der Waals surface area contributed by atoms with Crippen LogP contribution in [0.5, 0.6) is 6.01 Å². The first-order chi connectivity index (χ1) is 18.6. The summed E-state index contributed by atoms with van der Waals surface area (Å²) in [5.74, 6) is -2.28. The maximum Gasteiger partial charge on any atom is 0.320 e. The SMILES string of the molecule is CN(C)CC(F)(F)COc1nc(N2C[C@H]3CC[C@@H](C2)N3)c(C#N)c(N2CC3(CCc4sc(N)c(C#N)c43)C2)n1. The Bertz CT molecular complexity index is 1360. The van der Waals surface area contributed by atoms with Crippen LogP contribution in [-0.2, 0) is 11.8 Å². The molecule has 4 aliphatic rings. The van der Waals surface area contributed by atoms with E-state index in [4.69, 9.17) is 10.5 Å². The Hall–Kier alpha value is -3.26. The molecule has 6 rings (SSSR count). The first kappa shape index (κ1) is 26.0. The molecule has 2 atom stereocenters. The zero-order valence-electron chi connectivity index (χ0n) is 22.0. The van der Waals surface area contributed by atoms with Crippen molar-refractivity contribution >= 4 is 28.0 Å². The highest BCUT2D eigenvalue weighted by molar-refractivity contribution is 7.16. The van der Waals surface area contributed by atoms with Gasteiger partial charge in [-0.3, -0.25) is 0 Å². The Kier molecular flexibility index (Phi) is 6.29. The summed E-state index contributed by atoms with van der Waals surface area (Å²) >= 11 is 1.48. The van der Waals surface area contributed by atoms with E-state index in [1.807, 2.05) is 4.90 Å². The lowest BCUT2D eigenvalue weighted by atomic mass is 9.74. The van der Waals surface area contributed by atoms with E-state index in [0.29, 0.717) is 66.0 Å². The molecule has 3 fully saturated rings. The largest absolute Gasteiger partial charge is 0.457 e. The van der Waals surface area contributed by atoms with Gasteiger partial charge in [0.05, 0.1) is 12.1 Å². The average molecular weight is 556 g/mol. The predicted molar refractivity (Wildman–Crippen MR) is 144 cm³/mol. The lowest BCUT2D eigenvalue weighted by Gasteiger charge is -2.49. The lowest BCUT2D eigenvalue weighted by Crippen LogP contribution is -2.59. The number of nitrogens with zero attached hydrogens (tertiary/aromatic N) is 7. The summed E-state index contributed by atoms with van der Waals surface area (Å²) in [6, 6.07) is 5.00. The molecular formula is C26H31F2N9OS. The quantitative estimate of drug-likeness (QED) is 0.524. The molecule has 2 bridgehead atoms. The Balaban J connectivity index is 1.33. The highest BCUT2D eigenvalue weighted by Crippen LogP contribution is 2.53. The van der Waals surface area contributed by atoms with Crippen LogP contribution in [0.15, 0.2) is 0 Å². The summed E-state index contributed by atoms with van der Waals surface area (Å²) in [4.78, 5) is 15.6. The van der Waals surface area contributed by atoms with Crippen LogP contribution in [-0.4, -0.2) is 86.3 Å². The third kappa shape index (κ3) is 4.52. The van der Waals surface area contributed by atoms with Crippen molar-refractivity contribution in [3.8, 4) is 18.1 Å². The Morgan fingerprint density at radius 1 is 1.13 bits per heavy atom. The van der Waals surface area contributed by atoms with Crippen molar-refractivity contribution in [2.45, 2.75) is 49.1 Å². The maximum atomic E-state index is 14.5. The molecule has 13 heteroatoms. The molecule has 2 aromatic rings. The molecule has 3 saturated heterocycles. The Morgan fingerprint density at radius 2 is 1.77 bits per heavy atom. The van der Waals surface area contributed by atoms with Crippen molar-refractivity contribution in [1.82, 2.24) is 20.2 Å². The molecular weight excluding hydrogens is 524 g/mol. The van der Waals surface area contributed by atoms with Gasteiger partial charge in [0, 0.05) is 48.6 Å². The van der Waals surface area contributed by atoms with Crippen LogP contribution in [0.2, 0.25) is 0 Å². The van der Waals surface area contributed by atoms with Crippen molar-refractivity contribution in [3.05, 3.63) is 21.6 Å². The number of hydrogen-bond acceptors (Lipinski definition) is 11.